The molecular weight excluding hydrogens is 256 g/mol. The first-order valence-corrected chi connectivity index (χ1v) is 6.53. The lowest BCUT2D eigenvalue weighted by molar-refractivity contribution is 1.00. The fraction of sp³-hybridized carbons (Fsp3) is 0.0714. The number of thioether (sulfide) groups is 1. The van der Waals surface area contributed by atoms with E-state index >= 15 is 0 Å². The second kappa shape index (κ2) is 5.18. The van der Waals surface area contributed by atoms with Gasteiger partial charge in [0.05, 0.1) is 17.8 Å². The number of hydrogen-bond donors (Lipinski definition) is 0. The van der Waals surface area contributed by atoms with Crippen molar-refractivity contribution in [2.24, 2.45) is 15.0 Å². The van der Waals surface area contributed by atoms with Crippen LogP contribution in [0.1, 0.15) is 0 Å². The quantitative estimate of drug-likeness (QED) is 0.669. The summed E-state index contributed by atoms with van der Waals surface area (Å²) < 4.78 is 0. The molecule has 0 aromatic carbocycles. The summed E-state index contributed by atoms with van der Waals surface area (Å²) in [5.41, 5.74) is 4.64. The van der Waals surface area contributed by atoms with E-state index in [0.29, 0.717) is 17.1 Å². The van der Waals surface area contributed by atoms with Crippen LogP contribution in [0.4, 0.5) is 0 Å². The molecule has 1 aromatic heterocycles. The summed E-state index contributed by atoms with van der Waals surface area (Å²) in [4.78, 5) is 18.4. The molecule has 0 fully saturated rings. The Hall–Kier alpha value is -2.23. The summed E-state index contributed by atoms with van der Waals surface area (Å²) in [6.45, 7) is 4.49. The third kappa shape index (κ3) is 2.62. The Bertz CT molecular complexity index is 780. The van der Waals surface area contributed by atoms with Gasteiger partial charge in [-0.15, -0.1) is 0 Å². The third-order valence-electron chi connectivity index (χ3n) is 2.55. The minimum absolute atomic E-state index is 0.519. The van der Waals surface area contributed by atoms with Crippen LogP contribution in [0.2, 0.25) is 0 Å². The van der Waals surface area contributed by atoms with Crippen LogP contribution in [0.25, 0.3) is 0 Å². The van der Waals surface area contributed by atoms with Crippen molar-refractivity contribution in [3.63, 3.8) is 0 Å². The summed E-state index contributed by atoms with van der Waals surface area (Å²) >= 11 is 1.50. The highest BCUT2D eigenvalue weighted by atomic mass is 32.2. The predicted octanol–water partition coefficient (Wildman–Crippen LogP) is 1.55. The van der Waals surface area contributed by atoms with Crippen LogP contribution in [0.3, 0.4) is 0 Å². The first kappa shape index (κ1) is 11.8. The van der Waals surface area contributed by atoms with Crippen molar-refractivity contribution in [3.8, 4) is 0 Å². The van der Waals surface area contributed by atoms with Gasteiger partial charge in [0.25, 0.3) is 0 Å². The molecule has 0 spiro atoms. The van der Waals surface area contributed by atoms with Gasteiger partial charge in [-0.25, -0.2) is 9.98 Å². The molecule has 3 heterocycles. The van der Waals surface area contributed by atoms with E-state index in [1.165, 1.54) is 11.8 Å². The molecule has 0 saturated carbocycles. The van der Waals surface area contributed by atoms with Crippen LogP contribution >= 0.6 is 11.8 Å². The molecule has 0 saturated heterocycles. The van der Waals surface area contributed by atoms with Gasteiger partial charge in [-0.1, -0.05) is 24.1 Å². The van der Waals surface area contributed by atoms with Gasteiger partial charge in [0.2, 0.25) is 0 Å². The Balaban J connectivity index is 2.18. The molecule has 5 heteroatoms. The number of allylic oxidation sites excluding steroid dienone is 1. The van der Waals surface area contributed by atoms with E-state index in [4.69, 9.17) is 0 Å². The maximum absolute atomic E-state index is 4.50. The zero-order chi connectivity index (χ0) is 13.1. The Morgan fingerprint density at radius 1 is 1.37 bits per heavy atom. The second-order valence-electron chi connectivity index (χ2n) is 3.88. The average molecular weight is 266 g/mol. The molecular formula is C14H10N4S. The van der Waals surface area contributed by atoms with Crippen LogP contribution in [-0.4, -0.2) is 17.7 Å². The van der Waals surface area contributed by atoms with Gasteiger partial charge in [0.1, 0.15) is 5.36 Å². The Kier molecular flexibility index (Phi) is 3.23. The van der Waals surface area contributed by atoms with Crippen molar-refractivity contribution in [1.82, 2.24) is 4.98 Å². The minimum Gasteiger partial charge on any atom is -0.260 e. The third-order valence-corrected chi connectivity index (χ3v) is 3.48. The summed E-state index contributed by atoms with van der Waals surface area (Å²) in [6.07, 6.45) is 7.02. The number of pyridine rings is 1. The Labute approximate surface area is 114 Å². The van der Waals surface area contributed by atoms with Crippen molar-refractivity contribution in [1.29, 1.82) is 0 Å². The van der Waals surface area contributed by atoms with Crippen LogP contribution in [-0.2, 0) is 0 Å². The highest BCUT2D eigenvalue weighted by molar-refractivity contribution is 8.06. The SMILES string of the molecule is C=C1N=c2cccnc2=NCC2=C(C=C=CN=C2)S1. The van der Waals surface area contributed by atoms with Crippen molar-refractivity contribution < 1.29 is 0 Å². The maximum atomic E-state index is 4.50. The summed E-state index contributed by atoms with van der Waals surface area (Å²) in [6, 6.07) is 3.73. The smallest absolute Gasteiger partial charge is 0.173 e. The second-order valence-corrected chi connectivity index (χ2v) is 4.99. The standard InChI is InChI=1S/C14H10N4S/c1-10-18-12-4-2-7-16-14(12)17-9-11-8-15-6-3-5-13(11)19-10/h2,4-8H,1,9H2. The van der Waals surface area contributed by atoms with Gasteiger partial charge in [-0.3, -0.25) is 9.98 Å². The molecule has 0 radical (unpaired) electrons. The van der Waals surface area contributed by atoms with Crippen LogP contribution in [0.15, 0.2) is 73.4 Å². The van der Waals surface area contributed by atoms with E-state index in [-0.39, 0.29) is 0 Å². The normalized spacial score (nSPS) is 17.4. The van der Waals surface area contributed by atoms with E-state index in [1.807, 2.05) is 18.2 Å². The maximum Gasteiger partial charge on any atom is 0.173 e. The molecule has 0 amide bonds. The fourth-order valence-electron chi connectivity index (χ4n) is 1.70. The molecule has 0 atom stereocenters. The first-order chi connectivity index (χ1) is 9.33. The molecule has 2 aliphatic rings. The topological polar surface area (TPSA) is 50.0 Å². The highest BCUT2D eigenvalue weighted by Gasteiger charge is 2.08. The largest absolute Gasteiger partial charge is 0.260 e. The van der Waals surface area contributed by atoms with Crippen molar-refractivity contribution in [3.05, 3.63) is 69.3 Å². The molecule has 2 aliphatic heterocycles. The lowest BCUT2D eigenvalue weighted by Crippen LogP contribution is -2.28. The number of nitrogens with zero attached hydrogens (tertiary/aromatic N) is 4. The van der Waals surface area contributed by atoms with Crippen LogP contribution < -0.4 is 10.8 Å². The zero-order valence-electron chi connectivity index (χ0n) is 10.1. The number of aliphatic imine (C=N–C) groups is 1. The molecule has 0 bridgehead atoms. The zero-order valence-corrected chi connectivity index (χ0v) is 10.9. The van der Waals surface area contributed by atoms with Gasteiger partial charge in [-0.2, -0.15) is 0 Å². The number of rotatable bonds is 0. The van der Waals surface area contributed by atoms with E-state index in [9.17, 15) is 0 Å². The van der Waals surface area contributed by atoms with Crippen LogP contribution in [0.5, 0.6) is 0 Å². The highest BCUT2D eigenvalue weighted by Crippen LogP contribution is 2.28. The van der Waals surface area contributed by atoms with E-state index < -0.39 is 0 Å². The van der Waals surface area contributed by atoms with Crippen molar-refractivity contribution in [2.75, 3.05) is 6.54 Å². The average Bonchev–Trinajstić information content (AvgIpc) is 2.59. The first-order valence-electron chi connectivity index (χ1n) is 5.71. The lowest BCUT2D eigenvalue weighted by atomic mass is 10.2. The van der Waals surface area contributed by atoms with Crippen molar-refractivity contribution >= 4 is 18.0 Å². The van der Waals surface area contributed by atoms with Gasteiger partial charge in [0.15, 0.2) is 5.49 Å². The monoisotopic (exact) mass is 266 g/mol. The van der Waals surface area contributed by atoms with Gasteiger partial charge in [0, 0.05) is 22.9 Å². The van der Waals surface area contributed by atoms with Gasteiger partial charge < -0.3 is 0 Å². The van der Waals surface area contributed by atoms with Gasteiger partial charge in [-0.05, 0) is 18.2 Å². The molecule has 3 rings (SSSR count). The number of fused-ring (bicyclic) bond motifs is 1. The molecule has 0 aliphatic carbocycles. The van der Waals surface area contributed by atoms with E-state index in [0.717, 1.165) is 15.8 Å². The van der Waals surface area contributed by atoms with Crippen LogP contribution in [0, 0.1) is 0 Å². The molecule has 0 unspecified atom stereocenters. The summed E-state index contributed by atoms with van der Waals surface area (Å²) in [7, 11) is 0. The molecule has 1 aromatic rings. The minimum atomic E-state index is 0.519. The van der Waals surface area contributed by atoms with Crippen molar-refractivity contribution in [2.45, 2.75) is 0 Å². The lowest BCUT2D eigenvalue weighted by Gasteiger charge is -2.03. The molecule has 19 heavy (non-hydrogen) atoms. The van der Waals surface area contributed by atoms with E-state index in [2.05, 4.69) is 32.3 Å². The molecule has 92 valence electrons. The Morgan fingerprint density at radius 3 is 3.26 bits per heavy atom. The molecule has 0 N–H and O–H groups in total. The Morgan fingerprint density at radius 2 is 2.32 bits per heavy atom. The number of aromatic nitrogens is 1. The van der Waals surface area contributed by atoms with E-state index in [1.54, 1.807) is 18.6 Å². The summed E-state index contributed by atoms with van der Waals surface area (Å²) in [5, 5.41) is 1.45. The fourth-order valence-corrected chi connectivity index (χ4v) is 2.47. The van der Waals surface area contributed by atoms with Gasteiger partial charge >= 0.3 is 0 Å². The molecule has 4 nitrogen and oxygen atoms in total. The number of hydrogen-bond acceptors (Lipinski definition) is 5. The summed E-state index contributed by atoms with van der Waals surface area (Å²) in [5.74, 6) is 0. The predicted molar refractivity (Wildman–Crippen MR) is 76.3 cm³/mol.